The number of nitrogens with zero attached hydrogens (tertiary/aromatic N) is 2. The van der Waals surface area contributed by atoms with E-state index in [-0.39, 0.29) is 6.04 Å². The number of hydrogen-bond acceptors (Lipinski definition) is 5. The van der Waals surface area contributed by atoms with E-state index >= 15 is 0 Å². The molecule has 1 fully saturated rings. The number of aromatic nitrogens is 2. The number of aromatic hydroxyl groups is 1. The van der Waals surface area contributed by atoms with Gasteiger partial charge in [-0.1, -0.05) is 12.1 Å². The number of benzene rings is 1. The van der Waals surface area contributed by atoms with E-state index in [1.807, 2.05) is 19.2 Å². The van der Waals surface area contributed by atoms with E-state index < -0.39 is 22.8 Å². The third-order valence-corrected chi connectivity index (χ3v) is 6.47. The van der Waals surface area contributed by atoms with E-state index in [1.54, 1.807) is 0 Å². The molecule has 1 aromatic carbocycles. The number of aromatic amines is 1. The molecular formula is C22H24N4O4. The fraction of sp³-hybridized carbons (Fsp3) is 0.364. The topological polar surface area (TPSA) is 125 Å². The number of rotatable bonds is 2. The van der Waals surface area contributed by atoms with Crippen molar-refractivity contribution in [3.63, 3.8) is 0 Å². The number of nitrogens with one attached hydrogen (secondary N) is 1. The molecule has 2 aromatic heterocycles. The number of anilines is 1. The molecule has 3 heterocycles. The summed E-state index contributed by atoms with van der Waals surface area (Å²) >= 11 is 0. The Morgan fingerprint density at radius 3 is 2.80 bits per heavy atom. The summed E-state index contributed by atoms with van der Waals surface area (Å²) in [5, 5.41) is 21.0. The lowest BCUT2D eigenvalue weighted by Crippen LogP contribution is -2.26. The second-order valence-corrected chi connectivity index (χ2v) is 8.24. The molecule has 1 atom stereocenters. The number of H-pyrrole nitrogens is 1. The zero-order valence-electron chi connectivity index (χ0n) is 16.7. The Morgan fingerprint density at radius 2 is 2.10 bits per heavy atom. The lowest BCUT2D eigenvalue weighted by Gasteiger charge is -2.20. The van der Waals surface area contributed by atoms with Gasteiger partial charge in [-0.2, -0.15) is 0 Å². The number of carboxylic acid groups (broad SMARTS) is 1. The molecular weight excluding hydrogens is 384 g/mol. The van der Waals surface area contributed by atoms with Gasteiger partial charge < -0.3 is 30.4 Å². The molecule has 3 aromatic rings. The molecule has 30 heavy (non-hydrogen) atoms. The number of fused-ring (bicyclic) bond motifs is 5. The maximum absolute atomic E-state index is 12.5. The predicted molar refractivity (Wildman–Crippen MR) is 114 cm³/mol. The first-order valence-corrected chi connectivity index (χ1v) is 10.2. The summed E-state index contributed by atoms with van der Waals surface area (Å²) in [5.74, 6) is -1.85. The van der Waals surface area contributed by atoms with Crippen LogP contribution in [0.25, 0.3) is 22.2 Å². The second kappa shape index (κ2) is 6.63. The monoisotopic (exact) mass is 408 g/mol. The van der Waals surface area contributed by atoms with Gasteiger partial charge in [0, 0.05) is 48.4 Å². The van der Waals surface area contributed by atoms with Gasteiger partial charge in [0.1, 0.15) is 5.75 Å². The van der Waals surface area contributed by atoms with Crippen molar-refractivity contribution >= 4 is 22.6 Å². The van der Waals surface area contributed by atoms with Crippen LogP contribution in [0.1, 0.15) is 34.5 Å². The highest BCUT2D eigenvalue weighted by Gasteiger charge is 2.30. The Bertz CT molecular complexity index is 1260. The molecule has 0 saturated carbocycles. The first kappa shape index (κ1) is 18.7. The molecule has 0 unspecified atom stereocenters. The van der Waals surface area contributed by atoms with E-state index in [0.717, 1.165) is 60.2 Å². The molecule has 8 heteroatoms. The van der Waals surface area contributed by atoms with Gasteiger partial charge in [-0.3, -0.25) is 4.79 Å². The summed E-state index contributed by atoms with van der Waals surface area (Å²) in [6.45, 7) is 1.69. The molecule has 5 rings (SSSR count). The average molecular weight is 408 g/mol. The van der Waals surface area contributed by atoms with Crippen LogP contribution in [-0.4, -0.2) is 44.9 Å². The number of carbonyl (C=O) groups is 1. The van der Waals surface area contributed by atoms with Crippen molar-refractivity contribution in [1.29, 1.82) is 0 Å². The number of carboxylic acids is 1. The van der Waals surface area contributed by atoms with Crippen molar-refractivity contribution < 1.29 is 15.0 Å². The van der Waals surface area contributed by atoms with Crippen molar-refractivity contribution in [3.8, 4) is 17.0 Å². The molecule has 5 N–H and O–H groups in total. The highest BCUT2D eigenvalue weighted by atomic mass is 16.4. The molecule has 2 aliphatic rings. The number of hydrogen-bond donors (Lipinski definition) is 4. The van der Waals surface area contributed by atoms with Gasteiger partial charge in [0.25, 0.3) is 5.56 Å². The standard InChI is InChI=1S/C22H24N4O4/c1-25-14-6-3-5-13-18(24-21(28)17(20(13)27)22(29)30)16(14)12-4-2-7-15(19(12)25)26-9-8-11(23)10-26/h2,4,7,11H,3,5-6,8-10,23H2,1H3,(H,29,30)(H2,24,27,28)/t11-/m0/s1. The average Bonchev–Trinajstić information content (AvgIpc) is 3.18. The van der Waals surface area contributed by atoms with E-state index in [9.17, 15) is 19.8 Å². The smallest absolute Gasteiger partial charge is 0.345 e. The minimum absolute atomic E-state index is 0.154. The predicted octanol–water partition coefficient (Wildman–Crippen LogP) is 1.96. The third kappa shape index (κ3) is 2.56. The van der Waals surface area contributed by atoms with Crippen LogP contribution in [0.2, 0.25) is 0 Å². The first-order chi connectivity index (χ1) is 14.4. The Labute approximate surface area is 172 Å². The lowest BCUT2D eigenvalue weighted by molar-refractivity contribution is 0.0691. The number of pyridine rings is 1. The SMILES string of the molecule is Cn1c2c(c3cccc(N4CC[C@H](N)C4)c31)-c1[nH]c(=O)c(C(=O)O)c(O)c1CCC2. The number of para-hydroxylation sites is 1. The van der Waals surface area contributed by atoms with E-state index in [1.165, 1.54) is 0 Å². The van der Waals surface area contributed by atoms with Gasteiger partial charge in [0.2, 0.25) is 0 Å². The van der Waals surface area contributed by atoms with Crippen LogP contribution in [0.3, 0.4) is 0 Å². The molecule has 0 radical (unpaired) electrons. The molecule has 0 spiro atoms. The van der Waals surface area contributed by atoms with Crippen molar-refractivity contribution in [2.45, 2.75) is 31.7 Å². The largest absolute Gasteiger partial charge is 0.506 e. The molecule has 156 valence electrons. The minimum Gasteiger partial charge on any atom is -0.506 e. The molecule has 0 bridgehead atoms. The van der Waals surface area contributed by atoms with Gasteiger partial charge in [0.05, 0.1) is 16.9 Å². The molecule has 1 aliphatic heterocycles. The van der Waals surface area contributed by atoms with E-state index in [0.29, 0.717) is 17.7 Å². The van der Waals surface area contributed by atoms with E-state index in [2.05, 4.69) is 20.5 Å². The lowest BCUT2D eigenvalue weighted by atomic mass is 10.00. The molecule has 1 saturated heterocycles. The summed E-state index contributed by atoms with van der Waals surface area (Å²) in [6.07, 6.45) is 2.95. The Balaban J connectivity index is 1.82. The second-order valence-electron chi connectivity index (χ2n) is 8.24. The molecule has 8 nitrogen and oxygen atoms in total. The van der Waals surface area contributed by atoms with Crippen LogP contribution in [0.15, 0.2) is 23.0 Å². The van der Waals surface area contributed by atoms with Crippen molar-refractivity contribution in [2.75, 3.05) is 18.0 Å². The maximum atomic E-state index is 12.5. The Morgan fingerprint density at radius 1 is 1.30 bits per heavy atom. The van der Waals surface area contributed by atoms with E-state index in [4.69, 9.17) is 5.73 Å². The van der Waals surface area contributed by atoms with Crippen molar-refractivity contribution in [3.05, 3.63) is 45.4 Å². The molecule has 1 aliphatic carbocycles. The van der Waals surface area contributed by atoms with Gasteiger partial charge in [-0.25, -0.2) is 4.79 Å². The van der Waals surface area contributed by atoms with Crippen LogP contribution in [0.4, 0.5) is 5.69 Å². The highest BCUT2D eigenvalue weighted by Crippen LogP contribution is 2.43. The first-order valence-electron chi connectivity index (χ1n) is 10.2. The van der Waals surface area contributed by atoms with Crippen LogP contribution in [0, 0.1) is 0 Å². The van der Waals surface area contributed by atoms with Gasteiger partial charge in [-0.15, -0.1) is 0 Å². The quantitative estimate of drug-likeness (QED) is 0.514. The zero-order valence-corrected chi connectivity index (χ0v) is 16.7. The maximum Gasteiger partial charge on any atom is 0.345 e. The van der Waals surface area contributed by atoms with Crippen molar-refractivity contribution in [2.24, 2.45) is 12.8 Å². The van der Waals surface area contributed by atoms with Crippen LogP contribution >= 0.6 is 0 Å². The van der Waals surface area contributed by atoms with Gasteiger partial charge >= 0.3 is 5.97 Å². The van der Waals surface area contributed by atoms with Gasteiger partial charge in [0.15, 0.2) is 5.56 Å². The normalized spacial score (nSPS) is 18.3. The van der Waals surface area contributed by atoms with Crippen LogP contribution in [0.5, 0.6) is 5.75 Å². The van der Waals surface area contributed by atoms with Crippen LogP contribution < -0.4 is 16.2 Å². The summed E-state index contributed by atoms with van der Waals surface area (Å²) in [5.41, 5.74) is 9.87. The van der Waals surface area contributed by atoms with Crippen molar-refractivity contribution in [1.82, 2.24) is 9.55 Å². The molecule has 0 amide bonds. The number of nitrogens with two attached hydrogens (primary N) is 1. The summed E-state index contributed by atoms with van der Waals surface area (Å²) in [7, 11) is 2.02. The summed E-state index contributed by atoms with van der Waals surface area (Å²) in [6, 6.07) is 6.26. The Kier molecular flexibility index (Phi) is 4.14. The van der Waals surface area contributed by atoms with Gasteiger partial charge in [-0.05, 0) is 31.7 Å². The zero-order chi connectivity index (χ0) is 21.2. The number of aryl methyl sites for hydroxylation is 1. The van der Waals surface area contributed by atoms with Crippen LogP contribution in [-0.2, 0) is 19.9 Å². The third-order valence-electron chi connectivity index (χ3n) is 6.47. The Hall–Kier alpha value is -3.26. The summed E-state index contributed by atoms with van der Waals surface area (Å²) in [4.78, 5) is 29.1. The minimum atomic E-state index is -1.42. The number of aromatic carboxylic acids is 1. The summed E-state index contributed by atoms with van der Waals surface area (Å²) < 4.78 is 2.17. The fourth-order valence-electron chi connectivity index (χ4n) is 5.09. The fourth-order valence-corrected chi connectivity index (χ4v) is 5.09. The highest BCUT2D eigenvalue weighted by molar-refractivity contribution is 6.04.